The lowest BCUT2D eigenvalue weighted by Crippen LogP contribution is -2.53. The quantitative estimate of drug-likeness (QED) is 0.689. The summed E-state index contributed by atoms with van der Waals surface area (Å²) in [6.07, 6.45) is 1.24. The van der Waals surface area contributed by atoms with E-state index in [-0.39, 0.29) is 0 Å². The van der Waals surface area contributed by atoms with Gasteiger partial charge in [-0.1, -0.05) is 6.92 Å². The number of rotatable bonds is 3. The van der Waals surface area contributed by atoms with Crippen LogP contribution in [0.4, 0.5) is 0 Å². The average Bonchev–Trinajstić information content (AvgIpc) is 2.07. The highest BCUT2D eigenvalue weighted by Crippen LogP contribution is 2.10. The molecule has 1 saturated heterocycles. The largest absolute Gasteiger partial charge is 0.327 e. The third kappa shape index (κ3) is 3.25. The third-order valence-electron chi connectivity index (χ3n) is 2.88. The van der Waals surface area contributed by atoms with Gasteiger partial charge in [-0.05, 0) is 20.4 Å². The van der Waals surface area contributed by atoms with Crippen LogP contribution in [0.3, 0.4) is 0 Å². The van der Waals surface area contributed by atoms with Gasteiger partial charge in [0.1, 0.15) is 0 Å². The van der Waals surface area contributed by atoms with Gasteiger partial charge >= 0.3 is 0 Å². The van der Waals surface area contributed by atoms with Gasteiger partial charge in [0.15, 0.2) is 0 Å². The standard InChI is InChI=1S/C10H23N3/c1-4-10-8-13(7-9(2)11)6-5-12(10)3/h9-10H,4-8,11H2,1-3H3. The number of likely N-dealkylation sites (N-methyl/N-ethyl adjacent to an activating group) is 1. The molecule has 0 aromatic heterocycles. The molecule has 2 atom stereocenters. The molecule has 1 heterocycles. The van der Waals surface area contributed by atoms with Crippen molar-refractivity contribution in [2.75, 3.05) is 33.2 Å². The lowest BCUT2D eigenvalue weighted by molar-refractivity contribution is 0.0902. The maximum absolute atomic E-state index is 5.79. The predicted octanol–water partition coefficient (Wildman–Crippen LogP) is 0.360. The van der Waals surface area contributed by atoms with Crippen LogP contribution in [0.15, 0.2) is 0 Å². The molecule has 2 N–H and O–H groups in total. The van der Waals surface area contributed by atoms with E-state index in [0.717, 1.165) is 12.6 Å². The van der Waals surface area contributed by atoms with Crippen molar-refractivity contribution >= 4 is 0 Å². The summed E-state index contributed by atoms with van der Waals surface area (Å²) in [5.41, 5.74) is 5.79. The summed E-state index contributed by atoms with van der Waals surface area (Å²) in [4.78, 5) is 4.94. The zero-order chi connectivity index (χ0) is 9.84. The van der Waals surface area contributed by atoms with E-state index in [9.17, 15) is 0 Å². The molecule has 1 aliphatic heterocycles. The number of piperazine rings is 1. The van der Waals surface area contributed by atoms with Crippen LogP contribution in [-0.4, -0.2) is 55.1 Å². The first-order chi connectivity index (χ1) is 6.13. The summed E-state index contributed by atoms with van der Waals surface area (Å²) in [6, 6.07) is 1.04. The fraction of sp³-hybridized carbons (Fsp3) is 1.00. The van der Waals surface area contributed by atoms with E-state index in [1.165, 1.54) is 26.1 Å². The Morgan fingerprint density at radius 1 is 1.46 bits per heavy atom. The van der Waals surface area contributed by atoms with Gasteiger partial charge in [-0.15, -0.1) is 0 Å². The summed E-state index contributed by atoms with van der Waals surface area (Å²) >= 11 is 0. The zero-order valence-electron chi connectivity index (χ0n) is 9.16. The molecule has 0 spiro atoms. The Balaban J connectivity index is 2.36. The first-order valence-electron chi connectivity index (χ1n) is 5.31. The molecule has 0 aromatic carbocycles. The van der Waals surface area contributed by atoms with Crippen molar-refractivity contribution in [2.24, 2.45) is 5.73 Å². The van der Waals surface area contributed by atoms with Crippen molar-refractivity contribution in [3.8, 4) is 0 Å². The maximum atomic E-state index is 5.79. The SMILES string of the molecule is CCC1CN(CC(C)N)CCN1C. The van der Waals surface area contributed by atoms with E-state index in [0.29, 0.717) is 6.04 Å². The van der Waals surface area contributed by atoms with Gasteiger partial charge in [0.2, 0.25) is 0 Å². The predicted molar refractivity (Wildman–Crippen MR) is 56.8 cm³/mol. The van der Waals surface area contributed by atoms with Crippen LogP contribution in [0, 0.1) is 0 Å². The molecule has 0 amide bonds. The molecule has 0 saturated carbocycles. The summed E-state index contributed by atoms with van der Waals surface area (Å²) in [7, 11) is 2.22. The van der Waals surface area contributed by atoms with E-state index in [1.54, 1.807) is 0 Å². The molecule has 78 valence electrons. The molecule has 1 fully saturated rings. The molecule has 1 aliphatic rings. The van der Waals surface area contributed by atoms with Gasteiger partial charge in [0.05, 0.1) is 0 Å². The minimum absolute atomic E-state index is 0.306. The first-order valence-corrected chi connectivity index (χ1v) is 5.31. The Labute approximate surface area is 81.9 Å². The molecular formula is C10H23N3. The minimum Gasteiger partial charge on any atom is -0.327 e. The van der Waals surface area contributed by atoms with Crippen LogP contribution < -0.4 is 5.73 Å². The van der Waals surface area contributed by atoms with Crippen LogP contribution >= 0.6 is 0 Å². The van der Waals surface area contributed by atoms with Crippen molar-refractivity contribution in [1.29, 1.82) is 0 Å². The third-order valence-corrected chi connectivity index (χ3v) is 2.88. The second-order valence-electron chi connectivity index (χ2n) is 4.28. The van der Waals surface area contributed by atoms with Crippen LogP contribution in [0.5, 0.6) is 0 Å². The maximum Gasteiger partial charge on any atom is 0.0218 e. The fourth-order valence-electron chi connectivity index (χ4n) is 2.02. The molecule has 0 aromatic rings. The fourth-order valence-corrected chi connectivity index (χ4v) is 2.02. The van der Waals surface area contributed by atoms with Gasteiger partial charge in [-0.25, -0.2) is 0 Å². The number of hydrogen-bond acceptors (Lipinski definition) is 3. The highest BCUT2D eigenvalue weighted by molar-refractivity contribution is 4.80. The van der Waals surface area contributed by atoms with Crippen LogP contribution in [0.2, 0.25) is 0 Å². The Morgan fingerprint density at radius 3 is 2.69 bits per heavy atom. The Morgan fingerprint density at radius 2 is 2.15 bits per heavy atom. The number of nitrogens with zero attached hydrogens (tertiary/aromatic N) is 2. The highest BCUT2D eigenvalue weighted by Gasteiger charge is 2.22. The molecule has 3 nitrogen and oxygen atoms in total. The van der Waals surface area contributed by atoms with Crippen molar-refractivity contribution in [3.63, 3.8) is 0 Å². The van der Waals surface area contributed by atoms with Gasteiger partial charge < -0.3 is 10.6 Å². The first kappa shape index (κ1) is 11.0. The molecular weight excluding hydrogens is 162 g/mol. The summed E-state index contributed by atoms with van der Waals surface area (Å²) < 4.78 is 0. The lowest BCUT2D eigenvalue weighted by Gasteiger charge is -2.39. The second-order valence-corrected chi connectivity index (χ2v) is 4.28. The van der Waals surface area contributed by atoms with Crippen molar-refractivity contribution in [2.45, 2.75) is 32.4 Å². The molecule has 0 aliphatic carbocycles. The lowest BCUT2D eigenvalue weighted by atomic mass is 10.1. The van der Waals surface area contributed by atoms with E-state index in [1.807, 2.05) is 0 Å². The molecule has 3 heteroatoms. The van der Waals surface area contributed by atoms with Crippen LogP contribution in [0.25, 0.3) is 0 Å². The van der Waals surface area contributed by atoms with E-state index < -0.39 is 0 Å². The zero-order valence-corrected chi connectivity index (χ0v) is 9.16. The van der Waals surface area contributed by atoms with Crippen molar-refractivity contribution in [3.05, 3.63) is 0 Å². The molecule has 13 heavy (non-hydrogen) atoms. The molecule has 0 bridgehead atoms. The highest BCUT2D eigenvalue weighted by atomic mass is 15.3. The summed E-state index contributed by atoms with van der Waals surface area (Å²) in [5.74, 6) is 0. The van der Waals surface area contributed by atoms with Crippen molar-refractivity contribution in [1.82, 2.24) is 9.80 Å². The Hall–Kier alpha value is -0.120. The smallest absolute Gasteiger partial charge is 0.0218 e. The normalized spacial score (nSPS) is 29.1. The topological polar surface area (TPSA) is 32.5 Å². The summed E-state index contributed by atoms with van der Waals surface area (Å²) in [5, 5.41) is 0. The van der Waals surface area contributed by atoms with Crippen LogP contribution in [0.1, 0.15) is 20.3 Å². The Bertz CT molecular complexity index is 147. The van der Waals surface area contributed by atoms with Crippen molar-refractivity contribution < 1.29 is 0 Å². The van der Waals surface area contributed by atoms with Gasteiger partial charge in [0, 0.05) is 38.3 Å². The molecule has 2 unspecified atom stereocenters. The molecule has 1 rings (SSSR count). The van der Waals surface area contributed by atoms with Gasteiger partial charge in [-0.2, -0.15) is 0 Å². The van der Waals surface area contributed by atoms with Gasteiger partial charge in [0.25, 0.3) is 0 Å². The summed E-state index contributed by atoms with van der Waals surface area (Å²) in [6.45, 7) is 8.94. The second kappa shape index (κ2) is 4.94. The van der Waals surface area contributed by atoms with E-state index in [4.69, 9.17) is 5.73 Å². The van der Waals surface area contributed by atoms with E-state index in [2.05, 4.69) is 30.7 Å². The average molecular weight is 185 g/mol. The van der Waals surface area contributed by atoms with E-state index >= 15 is 0 Å². The minimum atomic E-state index is 0.306. The monoisotopic (exact) mass is 185 g/mol. The van der Waals surface area contributed by atoms with Crippen LogP contribution in [-0.2, 0) is 0 Å². The number of hydrogen-bond donors (Lipinski definition) is 1. The number of nitrogens with two attached hydrogens (primary N) is 1. The molecule has 0 radical (unpaired) electrons. The van der Waals surface area contributed by atoms with Gasteiger partial charge in [-0.3, -0.25) is 4.90 Å². The Kier molecular flexibility index (Phi) is 4.16.